The Morgan fingerprint density at radius 3 is 1.97 bits per heavy atom. The number of hydrogen-bond donors (Lipinski definition) is 20. The molecule has 11 rings (SSSR count). The quantitative estimate of drug-likeness (QED) is 0.0577. The Morgan fingerprint density at radius 2 is 1.41 bits per heavy atom. The zero-order valence-electron chi connectivity index (χ0n) is 56.5. The van der Waals surface area contributed by atoms with Crippen LogP contribution in [-0.4, -0.2) is 204 Å². The third kappa shape index (κ3) is 17.4. The standard InChI is InChI=1S/C68H84Cl2N10O23/c1-7-68(73,27(5)82)24-47(98-8-2)102-59-57(90)56(89)45(25-81)101-67(59)103-58-43-19-31-20-44(58)100-42-14-11-30(18-36(42)70)55(88)53-65(95)78-51(66(96)97)34-21-32(83)22-40(85)48(34)33-16-28(9-12-39(33)84)50(63(93)80-53)76-60(72)49(31)77-62(92)38(23-46(71)86)75-64(94)52(79-61(91)37(74-6)15-26(3)4)54(87)29-10-13-41(99-43)35(69)17-29/h9-14,16-21,26-27,32,37-38,45,47,49-57,59,67,74,81-85,87-90H,7-8,15,22-25,73H2,1-6H3,(H2,71,86)(H2,72,76)(H,75,94)(H,77,92)(H,78,95)(H,79,91)(H,80,93)(H,96,97)/t27-,32?,37-,38+,45?,47+,49-,50-,51+,52-,53+,54-,55-,56?,57+,59?,67-,68?/m1/s1. The molecular weight excluding hydrogens is 1400 g/mol. The lowest BCUT2D eigenvalue weighted by molar-refractivity contribution is -0.318. The van der Waals surface area contributed by atoms with Crippen LogP contribution in [-0.2, 0) is 47.8 Å². The van der Waals surface area contributed by atoms with Gasteiger partial charge in [0.05, 0.1) is 41.3 Å². The molecule has 0 spiro atoms. The van der Waals surface area contributed by atoms with Crippen molar-refractivity contribution in [1.29, 1.82) is 5.41 Å². The number of benzene rings is 4. The molecule has 6 aliphatic heterocycles. The van der Waals surface area contributed by atoms with Gasteiger partial charge in [0, 0.05) is 36.1 Å². The van der Waals surface area contributed by atoms with Crippen LogP contribution in [0.15, 0.2) is 84.1 Å². The molecule has 4 aromatic carbocycles. The van der Waals surface area contributed by atoms with Gasteiger partial charge < -0.3 is 128 Å². The Morgan fingerprint density at radius 1 is 0.777 bits per heavy atom. The van der Waals surface area contributed by atoms with Crippen molar-refractivity contribution in [3.05, 3.63) is 122 Å². The lowest BCUT2D eigenvalue weighted by atomic mass is 9.83. The summed E-state index contributed by atoms with van der Waals surface area (Å²) < 4.78 is 38.7. The number of aliphatic hydroxyl groups is 8. The number of carbonyl (C=O) groups is 7. The number of carbonyl (C=O) groups excluding carboxylic acids is 6. The summed E-state index contributed by atoms with van der Waals surface area (Å²) in [7, 11) is 1.48. The molecular formula is C68H84Cl2N10O23. The van der Waals surface area contributed by atoms with Crippen molar-refractivity contribution in [3.63, 3.8) is 0 Å². The summed E-state index contributed by atoms with van der Waals surface area (Å²) in [5.41, 5.74) is 8.78. The van der Waals surface area contributed by atoms with E-state index in [-0.39, 0.29) is 76.1 Å². The van der Waals surface area contributed by atoms with Gasteiger partial charge in [0.15, 0.2) is 29.9 Å². The van der Waals surface area contributed by atoms with Crippen molar-refractivity contribution in [1.82, 2.24) is 37.2 Å². The van der Waals surface area contributed by atoms with Gasteiger partial charge in [-0.15, -0.1) is 0 Å². The van der Waals surface area contributed by atoms with Crippen molar-refractivity contribution in [2.45, 2.75) is 176 Å². The summed E-state index contributed by atoms with van der Waals surface area (Å²) >= 11 is 14.2. The molecule has 1 fully saturated rings. The van der Waals surface area contributed by atoms with Gasteiger partial charge in [-0.1, -0.05) is 62.2 Å². The molecule has 35 heteroatoms. The van der Waals surface area contributed by atoms with Crippen molar-refractivity contribution in [2.24, 2.45) is 17.4 Å². The first kappa shape index (κ1) is 78.4. The van der Waals surface area contributed by atoms with E-state index in [0.717, 1.165) is 54.6 Å². The highest BCUT2D eigenvalue weighted by Crippen LogP contribution is 2.49. The van der Waals surface area contributed by atoms with Crippen LogP contribution in [0.3, 0.4) is 0 Å². The van der Waals surface area contributed by atoms with Crippen LogP contribution >= 0.6 is 23.2 Å². The number of phenols is 1. The molecule has 7 aliphatic rings. The lowest BCUT2D eigenvalue weighted by Crippen LogP contribution is -2.62. The topological polar surface area (TPSA) is 537 Å². The summed E-state index contributed by atoms with van der Waals surface area (Å²) in [6.07, 6.45) is -18.3. The van der Waals surface area contributed by atoms with E-state index in [1.54, 1.807) is 13.8 Å². The van der Waals surface area contributed by atoms with Crippen LogP contribution in [0.25, 0.3) is 5.57 Å². The fraction of sp³-hybridized carbons (Fsp3) is 0.471. The average molecular weight is 1480 g/mol. The molecule has 6 heterocycles. The lowest BCUT2D eigenvalue weighted by Gasteiger charge is -2.44. The van der Waals surface area contributed by atoms with Crippen molar-refractivity contribution in [3.8, 4) is 34.5 Å². The van der Waals surface area contributed by atoms with Gasteiger partial charge in [-0.25, -0.2) is 4.79 Å². The molecule has 18 atom stereocenters. The molecule has 0 aromatic heterocycles. The number of ether oxygens (including phenoxy) is 6. The molecule has 33 nitrogen and oxygen atoms in total. The number of nitrogens with two attached hydrogens (primary N) is 2. The predicted molar refractivity (Wildman–Crippen MR) is 364 cm³/mol. The number of nitrogens with one attached hydrogen (secondary N) is 8. The molecule has 4 aromatic rings. The number of amidine groups is 1. The number of rotatable bonds is 19. The van der Waals surface area contributed by atoms with Gasteiger partial charge in [-0.3, -0.25) is 34.2 Å². The van der Waals surface area contributed by atoms with Gasteiger partial charge in [0.1, 0.15) is 89.6 Å². The van der Waals surface area contributed by atoms with Crippen molar-refractivity contribution < 1.29 is 113 Å². The minimum Gasteiger partial charge on any atom is -0.512 e. The molecule has 558 valence electrons. The van der Waals surface area contributed by atoms with E-state index >= 15 is 9.59 Å². The molecule has 0 saturated carbocycles. The summed E-state index contributed by atoms with van der Waals surface area (Å²) in [5, 5.41) is 142. The maximum absolute atomic E-state index is 15.5. The largest absolute Gasteiger partial charge is 0.512 e. The number of aromatic hydroxyl groups is 1. The third-order valence-corrected chi connectivity index (χ3v) is 18.9. The van der Waals surface area contributed by atoms with E-state index in [1.807, 2.05) is 13.8 Å². The highest BCUT2D eigenvalue weighted by atomic mass is 35.5. The molecule has 1 saturated heterocycles. The van der Waals surface area contributed by atoms with E-state index in [2.05, 4.69) is 37.2 Å². The molecule has 22 N–H and O–H groups in total. The Bertz CT molecular complexity index is 3980. The summed E-state index contributed by atoms with van der Waals surface area (Å²) in [6, 6.07) is -1.16. The maximum Gasteiger partial charge on any atom is 0.330 e. The van der Waals surface area contributed by atoms with Crippen LogP contribution < -0.4 is 62.9 Å². The number of carboxylic acid groups (broad SMARTS) is 1. The fourth-order valence-corrected chi connectivity index (χ4v) is 13.0. The monoisotopic (exact) mass is 1480 g/mol. The number of phenolic OH excluding ortho intramolecular Hbond substituents is 1. The van der Waals surface area contributed by atoms with E-state index in [1.165, 1.54) is 32.2 Å². The third-order valence-electron chi connectivity index (χ3n) is 18.3. The molecule has 103 heavy (non-hydrogen) atoms. The zero-order valence-corrected chi connectivity index (χ0v) is 58.0. The summed E-state index contributed by atoms with van der Waals surface area (Å²) in [6.45, 7) is 7.41. The number of hydrogen-bond acceptors (Lipinski definition) is 25. The molecule has 11 bridgehead atoms. The van der Waals surface area contributed by atoms with Crippen LogP contribution in [0.5, 0.6) is 34.5 Å². The van der Waals surface area contributed by atoms with Gasteiger partial charge >= 0.3 is 5.97 Å². The van der Waals surface area contributed by atoms with E-state index in [0.29, 0.717) is 0 Å². The number of amides is 6. The predicted octanol–water partition coefficient (Wildman–Crippen LogP) is 0.794. The number of fused-ring (bicyclic) bond motifs is 15. The Kier molecular flexibility index (Phi) is 25.0. The van der Waals surface area contributed by atoms with Crippen LogP contribution in [0.2, 0.25) is 10.0 Å². The highest BCUT2D eigenvalue weighted by molar-refractivity contribution is 6.32. The highest BCUT2D eigenvalue weighted by Gasteiger charge is 2.50. The number of aliphatic hydroxyl groups excluding tert-OH is 8. The van der Waals surface area contributed by atoms with Crippen LogP contribution in [0, 0.1) is 11.3 Å². The first-order valence-electron chi connectivity index (χ1n) is 32.9. The normalized spacial score (nSPS) is 27.5. The molecule has 0 radical (unpaired) electrons. The smallest absolute Gasteiger partial charge is 0.330 e. The van der Waals surface area contributed by atoms with Crippen LogP contribution in [0.1, 0.15) is 119 Å². The van der Waals surface area contributed by atoms with Crippen LogP contribution in [0.4, 0.5) is 0 Å². The van der Waals surface area contributed by atoms with Crippen molar-refractivity contribution in [2.75, 3.05) is 20.3 Å². The second-order valence-corrected chi connectivity index (χ2v) is 26.8. The fourth-order valence-electron chi connectivity index (χ4n) is 12.5. The minimum absolute atomic E-state index is 0.0407. The average Bonchev–Trinajstić information content (AvgIpc) is 0.768. The van der Waals surface area contributed by atoms with Crippen molar-refractivity contribution >= 4 is 76.0 Å². The second kappa shape index (κ2) is 32.9. The summed E-state index contributed by atoms with van der Waals surface area (Å²) in [4.78, 5) is 101. The number of carboxylic acids is 1. The SMILES string of the molecule is CCO[C@H](CC(N)(CC)[C@@H](C)O)OC1[C@@H](Oc2c3cc4cc2Oc2ccc(cc2Cl)[C@@H](O)[C@@H](NC(=O)[C@@H](CC(C)C)NC)C(=O)N[C@@H](CC(N)=O)C(=O)N[C@H]4C(=N)N[C@H]2C(=O)N[C@H](C(=O)N[C@H](C(=O)O)C4=CC(O)CC(O)=C4c4cc2ccc4O)[C@H](O)c2ccc(c(Cl)c2)O3)OC(CO)C(O)[C@@H]1O. The van der Waals surface area contributed by atoms with E-state index < -0.39 is 221 Å². The molecule has 6 amide bonds. The Balaban J connectivity index is 1.34. The zero-order chi connectivity index (χ0) is 75.4. The second-order valence-electron chi connectivity index (χ2n) is 26.0. The first-order valence-corrected chi connectivity index (χ1v) is 33.7. The number of aliphatic carboxylic acids is 1. The summed E-state index contributed by atoms with van der Waals surface area (Å²) in [5.74, 6) is -13.9. The maximum atomic E-state index is 15.5. The molecule has 1 aliphatic carbocycles. The van der Waals surface area contributed by atoms with Gasteiger partial charge in [0.2, 0.25) is 47.5 Å². The number of likely N-dealkylation sites (N-methyl/N-ethyl adjacent to an activating group) is 1. The van der Waals surface area contributed by atoms with Gasteiger partial charge in [-0.2, -0.15) is 0 Å². The van der Waals surface area contributed by atoms with E-state index in [9.17, 15) is 80.4 Å². The first-order chi connectivity index (χ1) is 48.7. The van der Waals surface area contributed by atoms with E-state index in [4.69, 9.17) is 63.1 Å². The number of primary amides is 1. The Labute approximate surface area is 599 Å². The van der Waals surface area contributed by atoms with Gasteiger partial charge in [-0.05, 0) is 122 Å². The minimum atomic E-state index is -2.24. The Hall–Kier alpha value is -8.78. The molecule has 5 unspecified atom stereocenters. The number of halogens is 2. The van der Waals surface area contributed by atoms with Gasteiger partial charge in [0.25, 0.3) is 0 Å².